The molecule has 1 heterocycles. The highest BCUT2D eigenvalue weighted by Crippen LogP contribution is 1.86. The summed E-state index contributed by atoms with van der Waals surface area (Å²) in [5.74, 6) is -0.926. The normalized spacial score (nSPS) is 9.67. The summed E-state index contributed by atoms with van der Waals surface area (Å²) in [6.07, 6.45) is 7.72. The van der Waals surface area contributed by atoms with E-state index in [4.69, 9.17) is 5.11 Å². The molecule has 1 aromatic rings. The van der Waals surface area contributed by atoms with Crippen molar-refractivity contribution in [1.82, 2.24) is 9.55 Å². The van der Waals surface area contributed by atoms with Crippen LogP contribution in [0.3, 0.4) is 0 Å². The molecule has 0 aliphatic rings. The Morgan fingerprint density at radius 2 is 2.42 bits per heavy atom. The molecule has 0 aliphatic heterocycles. The maximum Gasteiger partial charge on any atom is 0.328 e. The number of carboxylic acid groups (broad SMARTS) is 1. The lowest BCUT2D eigenvalue weighted by atomic mass is 10.5. The lowest BCUT2D eigenvalue weighted by Gasteiger charge is -1.91. The number of aliphatic carboxylic acids is 1. The third-order valence-corrected chi connectivity index (χ3v) is 1.14. The molecular formula is C7H9ClN2O2. The Bertz CT molecular complexity index is 256. The average molecular weight is 189 g/mol. The third kappa shape index (κ3) is 3.78. The number of halogens is 1. The van der Waals surface area contributed by atoms with E-state index in [2.05, 4.69) is 4.98 Å². The summed E-state index contributed by atoms with van der Waals surface area (Å²) >= 11 is 0. The minimum absolute atomic E-state index is 0. The molecule has 12 heavy (non-hydrogen) atoms. The van der Waals surface area contributed by atoms with Crippen molar-refractivity contribution in [3.05, 3.63) is 30.9 Å². The van der Waals surface area contributed by atoms with Gasteiger partial charge in [-0.15, -0.1) is 12.4 Å². The third-order valence-electron chi connectivity index (χ3n) is 1.14. The maximum atomic E-state index is 10.0. The minimum atomic E-state index is -0.926. The quantitative estimate of drug-likeness (QED) is 0.719. The molecule has 0 bridgehead atoms. The van der Waals surface area contributed by atoms with E-state index in [1.54, 1.807) is 29.4 Å². The van der Waals surface area contributed by atoms with Crippen LogP contribution in [0.1, 0.15) is 0 Å². The predicted octanol–water partition coefficient (Wildman–Crippen LogP) is 0.946. The van der Waals surface area contributed by atoms with Gasteiger partial charge in [-0.05, 0) is 0 Å². The fourth-order valence-electron chi connectivity index (χ4n) is 0.670. The Hall–Kier alpha value is -1.29. The van der Waals surface area contributed by atoms with Crippen LogP contribution in [-0.2, 0) is 11.3 Å². The molecule has 1 N–H and O–H groups in total. The summed E-state index contributed by atoms with van der Waals surface area (Å²) in [5, 5.41) is 8.23. The van der Waals surface area contributed by atoms with Gasteiger partial charge in [0.1, 0.15) is 0 Å². The molecule has 0 amide bonds. The van der Waals surface area contributed by atoms with Crippen LogP contribution in [0.25, 0.3) is 0 Å². The Morgan fingerprint density at radius 1 is 1.67 bits per heavy atom. The summed E-state index contributed by atoms with van der Waals surface area (Å²) in [7, 11) is 0. The molecule has 5 heteroatoms. The van der Waals surface area contributed by atoms with Crippen molar-refractivity contribution >= 4 is 18.4 Å². The molecule has 4 nitrogen and oxygen atoms in total. The lowest BCUT2D eigenvalue weighted by molar-refractivity contribution is -0.131. The Labute approximate surface area is 75.9 Å². The number of allylic oxidation sites excluding steroid dienone is 1. The van der Waals surface area contributed by atoms with Crippen molar-refractivity contribution in [2.45, 2.75) is 6.54 Å². The smallest absolute Gasteiger partial charge is 0.328 e. The molecule has 0 aromatic carbocycles. The molecule has 0 fully saturated rings. The zero-order valence-electron chi connectivity index (χ0n) is 6.25. The predicted molar refractivity (Wildman–Crippen MR) is 46.3 cm³/mol. The monoisotopic (exact) mass is 188 g/mol. The summed E-state index contributed by atoms with van der Waals surface area (Å²) in [5.41, 5.74) is 0. The number of carboxylic acids is 1. The second-order valence-electron chi connectivity index (χ2n) is 2.00. The first-order valence-electron chi connectivity index (χ1n) is 3.14. The molecule has 1 aromatic heterocycles. The Morgan fingerprint density at radius 3 is 2.92 bits per heavy atom. The standard InChI is InChI=1S/C7H8N2O2.ClH/c10-7(11)2-1-4-9-5-3-8-6-9;/h1-3,5-6H,4H2,(H,10,11);1H. The molecule has 0 saturated carbocycles. The Balaban J connectivity index is 0.00000121. The number of nitrogens with zero attached hydrogens (tertiary/aromatic N) is 2. The number of carbonyl (C=O) groups is 1. The molecular weight excluding hydrogens is 180 g/mol. The first kappa shape index (κ1) is 10.7. The van der Waals surface area contributed by atoms with Gasteiger partial charge in [0.2, 0.25) is 0 Å². The molecule has 0 saturated heterocycles. The van der Waals surface area contributed by atoms with Crippen molar-refractivity contribution in [3.8, 4) is 0 Å². The second-order valence-corrected chi connectivity index (χ2v) is 2.00. The van der Waals surface area contributed by atoms with Crippen LogP contribution in [0, 0.1) is 0 Å². The van der Waals surface area contributed by atoms with E-state index in [0.29, 0.717) is 6.54 Å². The molecule has 0 unspecified atom stereocenters. The van der Waals surface area contributed by atoms with Crippen molar-refractivity contribution in [2.24, 2.45) is 0 Å². The van der Waals surface area contributed by atoms with Crippen molar-refractivity contribution in [2.75, 3.05) is 0 Å². The molecule has 0 radical (unpaired) electrons. The maximum absolute atomic E-state index is 10.0. The van der Waals surface area contributed by atoms with Gasteiger partial charge in [-0.1, -0.05) is 6.08 Å². The summed E-state index contributed by atoms with van der Waals surface area (Å²) in [4.78, 5) is 13.8. The number of rotatable bonds is 3. The van der Waals surface area contributed by atoms with Gasteiger partial charge in [-0.2, -0.15) is 0 Å². The van der Waals surface area contributed by atoms with Gasteiger partial charge in [-0.3, -0.25) is 0 Å². The van der Waals surface area contributed by atoms with Crippen LogP contribution in [0.15, 0.2) is 30.9 Å². The first-order valence-corrected chi connectivity index (χ1v) is 3.14. The summed E-state index contributed by atoms with van der Waals surface area (Å²) in [6.45, 7) is 0.548. The van der Waals surface area contributed by atoms with Crippen molar-refractivity contribution < 1.29 is 9.90 Å². The highest BCUT2D eigenvalue weighted by molar-refractivity contribution is 5.85. The molecule has 0 aliphatic carbocycles. The van der Waals surface area contributed by atoms with Crippen LogP contribution >= 0.6 is 12.4 Å². The van der Waals surface area contributed by atoms with E-state index in [1.165, 1.54) is 0 Å². The molecule has 0 spiro atoms. The van der Waals surface area contributed by atoms with Gasteiger partial charge in [0, 0.05) is 25.0 Å². The second kappa shape index (κ2) is 5.37. The Kier molecular flexibility index (Phi) is 4.79. The average Bonchev–Trinajstić information content (AvgIpc) is 2.39. The fourth-order valence-corrected chi connectivity index (χ4v) is 0.670. The van der Waals surface area contributed by atoms with Gasteiger partial charge < -0.3 is 9.67 Å². The van der Waals surface area contributed by atoms with Gasteiger partial charge >= 0.3 is 5.97 Å². The van der Waals surface area contributed by atoms with E-state index in [0.717, 1.165) is 6.08 Å². The van der Waals surface area contributed by atoms with E-state index >= 15 is 0 Å². The van der Waals surface area contributed by atoms with E-state index in [9.17, 15) is 4.79 Å². The van der Waals surface area contributed by atoms with E-state index in [1.807, 2.05) is 0 Å². The SMILES string of the molecule is Cl.O=C(O)C=CCn1ccnc1. The highest BCUT2D eigenvalue weighted by atomic mass is 35.5. The zero-order chi connectivity index (χ0) is 8.10. The van der Waals surface area contributed by atoms with Crippen molar-refractivity contribution in [1.29, 1.82) is 0 Å². The van der Waals surface area contributed by atoms with Gasteiger partial charge in [0.05, 0.1) is 6.33 Å². The minimum Gasteiger partial charge on any atom is -0.478 e. The number of hydrogen-bond acceptors (Lipinski definition) is 2. The number of imidazole rings is 1. The zero-order valence-corrected chi connectivity index (χ0v) is 7.07. The highest BCUT2D eigenvalue weighted by Gasteiger charge is 1.86. The van der Waals surface area contributed by atoms with Crippen LogP contribution in [-0.4, -0.2) is 20.6 Å². The van der Waals surface area contributed by atoms with Crippen LogP contribution in [0.4, 0.5) is 0 Å². The topological polar surface area (TPSA) is 55.1 Å². The fraction of sp³-hybridized carbons (Fsp3) is 0.143. The molecule has 1 rings (SSSR count). The van der Waals surface area contributed by atoms with Crippen LogP contribution in [0.5, 0.6) is 0 Å². The first-order chi connectivity index (χ1) is 5.29. The van der Waals surface area contributed by atoms with E-state index in [-0.39, 0.29) is 12.4 Å². The van der Waals surface area contributed by atoms with Gasteiger partial charge in [-0.25, -0.2) is 9.78 Å². The van der Waals surface area contributed by atoms with Crippen LogP contribution < -0.4 is 0 Å². The lowest BCUT2D eigenvalue weighted by Crippen LogP contribution is -1.92. The van der Waals surface area contributed by atoms with Crippen LogP contribution in [0.2, 0.25) is 0 Å². The molecule has 0 atom stereocenters. The van der Waals surface area contributed by atoms with Crippen molar-refractivity contribution in [3.63, 3.8) is 0 Å². The summed E-state index contributed by atoms with van der Waals surface area (Å²) in [6, 6.07) is 0. The van der Waals surface area contributed by atoms with Gasteiger partial charge in [0.15, 0.2) is 0 Å². The van der Waals surface area contributed by atoms with Gasteiger partial charge in [0.25, 0.3) is 0 Å². The number of aromatic nitrogens is 2. The largest absolute Gasteiger partial charge is 0.478 e. The molecule has 66 valence electrons. The number of hydrogen-bond donors (Lipinski definition) is 1. The van der Waals surface area contributed by atoms with E-state index < -0.39 is 5.97 Å². The summed E-state index contributed by atoms with van der Waals surface area (Å²) < 4.78 is 1.78.